The van der Waals surface area contributed by atoms with E-state index in [-0.39, 0.29) is 24.5 Å². The fourth-order valence-corrected chi connectivity index (χ4v) is 4.31. The molecule has 4 N–H and O–H groups in total. The number of thiazole rings is 2. The second-order valence-corrected chi connectivity index (χ2v) is 9.03. The van der Waals surface area contributed by atoms with Crippen molar-refractivity contribution in [2.75, 3.05) is 0 Å². The highest BCUT2D eigenvalue weighted by atomic mass is 35.5. The number of carbonyl (C=O) groups is 2. The summed E-state index contributed by atoms with van der Waals surface area (Å²) in [5.74, 6) is -2.16. The minimum Gasteiger partial charge on any atom is -0.477 e. The molecule has 0 saturated carbocycles. The van der Waals surface area contributed by atoms with Crippen LogP contribution in [0.1, 0.15) is 19.3 Å². The van der Waals surface area contributed by atoms with Gasteiger partial charge in [-0.2, -0.15) is 0 Å². The third-order valence-corrected chi connectivity index (χ3v) is 6.44. The summed E-state index contributed by atoms with van der Waals surface area (Å²) in [4.78, 5) is 36.1. The molecule has 4 aromatic rings. The number of rotatable bonds is 4. The Bertz CT molecular complexity index is 1250. The number of carboxylic acids is 2. The maximum Gasteiger partial charge on any atom is 0.490 e. The van der Waals surface area contributed by atoms with Crippen LogP contribution in [0.5, 0.6) is 0 Å². The highest BCUT2D eigenvalue weighted by molar-refractivity contribution is 7.18. The molecule has 0 saturated heterocycles. The van der Waals surface area contributed by atoms with E-state index in [0.29, 0.717) is 10.5 Å². The molecule has 0 atom stereocenters. The SMILES string of the molecule is O=C(O)c1sc(-c2cccnc2)nc1Cl.O=C(O)c1sc(Cl)nc1Cl.OB(O)c1cccnc1. The quantitative estimate of drug-likeness (QED) is 0.271. The Kier molecular flexibility index (Phi) is 10.8. The lowest BCUT2D eigenvalue weighted by atomic mass is 9.82. The molecule has 0 spiro atoms. The number of nitrogens with zero attached hydrogens (tertiary/aromatic N) is 4. The Hall–Kier alpha value is -2.65. The van der Waals surface area contributed by atoms with E-state index in [9.17, 15) is 9.59 Å². The van der Waals surface area contributed by atoms with Crippen LogP contribution in [0.15, 0.2) is 49.1 Å². The maximum atomic E-state index is 10.7. The molecule has 4 heterocycles. The van der Waals surface area contributed by atoms with E-state index < -0.39 is 19.1 Å². The first-order valence-electron chi connectivity index (χ1n) is 8.71. The van der Waals surface area contributed by atoms with Gasteiger partial charge in [-0.1, -0.05) is 52.2 Å². The molecule has 0 aliphatic carbocycles. The van der Waals surface area contributed by atoms with E-state index in [1.165, 1.54) is 6.20 Å². The molecule has 0 unspecified atom stereocenters. The Balaban J connectivity index is 0.000000189. The fourth-order valence-electron chi connectivity index (χ4n) is 1.98. The average molecular weight is 562 g/mol. The van der Waals surface area contributed by atoms with Crippen LogP contribution in [-0.4, -0.2) is 59.3 Å². The van der Waals surface area contributed by atoms with E-state index in [1.807, 2.05) is 0 Å². The molecular formula is C18H12BCl3N4O6S2. The topological polar surface area (TPSA) is 167 Å². The van der Waals surface area contributed by atoms with Crippen molar-refractivity contribution in [1.82, 2.24) is 19.9 Å². The number of aromatic nitrogens is 4. The van der Waals surface area contributed by atoms with Crippen LogP contribution in [0.2, 0.25) is 14.8 Å². The molecule has 176 valence electrons. The lowest BCUT2D eigenvalue weighted by molar-refractivity contribution is 0.0691. The van der Waals surface area contributed by atoms with Crippen molar-refractivity contribution in [1.29, 1.82) is 0 Å². The first-order chi connectivity index (χ1) is 16.1. The van der Waals surface area contributed by atoms with Gasteiger partial charge in [-0.05, 0) is 18.2 Å². The summed E-state index contributed by atoms with van der Waals surface area (Å²) < 4.78 is 0.141. The second-order valence-electron chi connectivity index (χ2n) is 5.74. The molecule has 0 amide bonds. The van der Waals surface area contributed by atoms with Crippen molar-refractivity contribution in [2.24, 2.45) is 0 Å². The van der Waals surface area contributed by atoms with Gasteiger partial charge >= 0.3 is 19.1 Å². The van der Waals surface area contributed by atoms with Gasteiger partial charge in [0.1, 0.15) is 5.01 Å². The Morgan fingerprint density at radius 3 is 1.74 bits per heavy atom. The van der Waals surface area contributed by atoms with Crippen LogP contribution >= 0.6 is 57.5 Å². The monoisotopic (exact) mass is 560 g/mol. The van der Waals surface area contributed by atoms with Gasteiger partial charge in [0.2, 0.25) is 0 Å². The van der Waals surface area contributed by atoms with Crippen molar-refractivity contribution in [3.05, 3.63) is 73.6 Å². The highest BCUT2D eigenvalue weighted by Gasteiger charge is 2.16. The van der Waals surface area contributed by atoms with Crippen molar-refractivity contribution in [3.63, 3.8) is 0 Å². The summed E-state index contributed by atoms with van der Waals surface area (Å²) in [6.45, 7) is 0. The molecule has 4 rings (SSSR count). The van der Waals surface area contributed by atoms with Crippen molar-refractivity contribution >= 4 is 82.0 Å². The Morgan fingerprint density at radius 2 is 1.38 bits per heavy atom. The second kappa shape index (κ2) is 13.3. The molecule has 16 heteroatoms. The van der Waals surface area contributed by atoms with Gasteiger partial charge in [-0.15, -0.1) is 11.3 Å². The molecule has 0 bridgehead atoms. The zero-order valence-corrected chi connectivity index (χ0v) is 20.4. The predicted molar refractivity (Wildman–Crippen MR) is 130 cm³/mol. The Labute approximate surface area is 215 Å². The molecule has 0 aliphatic heterocycles. The zero-order valence-electron chi connectivity index (χ0n) is 16.5. The summed E-state index contributed by atoms with van der Waals surface area (Å²) in [6.07, 6.45) is 6.23. The molecule has 10 nitrogen and oxygen atoms in total. The van der Waals surface area contributed by atoms with Crippen LogP contribution < -0.4 is 5.46 Å². The molecular weight excluding hydrogens is 550 g/mol. The van der Waals surface area contributed by atoms with Crippen molar-refractivity contribution < 1.29 is 29.9 Å². The summed E-state index contributed by atoms with van der Waals surface area (Å²) in [5.41, 5.74) is 1.18. The van der Waals surface area contributed by atoms with E-state index >= 15 is 0 Å². The van der Waals surface area contributed by atoms with Crippen LogP contribution in [0.4, 0.5) is 0 Å². The highest BCUT2D eigenvalue weighted by Crippen LogP contribution is 2.30. The van der Waals surface area contributed by atoms with Crippen LogP contribution in [0, 0.1) is 0 Å². The summed E-state index contributed by atoms with van der Waals surface area (Å²) in [6, 6.07) is 6.80. The molecule has 4 aromatic heterocycles. The number of halogens is 3. The van der Waals surface area contributed by atoms with E-state index in [1.54, 1.807) is 42.9 Å². The maximum absolute atomic E-state index is 10.7. The lowest BCUT2D eigenvalue weighted by Crippen LogP contribution is -2.29. The number of aromatic carboxylic acids is 2. The first kappa shape index (κ1) is 27.6. The van der Waals surface area contributed by atoms with Crippen molar-refractivity contribution in [3.8, 4) is 10.6 Å². The summed E-state index contributed by atoms with van der Waals surface area (Å²) in [7, 11) is -1.40. The van der Waals surface area contributed by atoms with E-state index in [4.69, 9.17) is 55.1 Å². The minimum absolute atomic E-state index is 0.0198. The third kappa shape index (κ3) is 8.29. The first-order valence-corrected chi connectivity index (χ1v) is 11.5. The number of pyridine rings is 2. The van der Waals surface area contributed by atoms with Gasteiger partial charge in [0.25, 0.3) is 0 Å². The standard InChI is InChI=1S/C9H5ClN2O2S.C5H6BNO2.C4HCl2NO2S/c10-7-6(9(13)14)15-8(12-7)5-2-1-3-11-4-5;8-6(9)5-2-1-3-7-4-5;5-2-1(3(8)9)10-4(6)7-2/h1-4H,(H,13,14);1-4,8-9H;(H,8,9). The van der Waals surface area contributed by atoms with E-state index in [2.05, 4.69) is 19.9 Å². The van der Waals surface area contributed by atoms with Gasteiger partial charge < -0.3 is 20.3 Å². The molecule has 0 radical (unpaired) electrons. The van der Waals surface area contributed by atoms with Crippen molar-refractivity contribution in [2.45, 2.75) is 0 Å². The fraction of sp³-hybridized carbons (Fsp3) is 0. The third-order valence-electron chi connectivity index (χ3n) is 3.43. The van der Waals surface area contributed by atoms with Crippen LogP contribution in [-0.2, 0) is 0 Å². The van der Waals surface area contributed by atoms with E-state index in [0.717, 1.165) is 28.2 Å². The van der Waals surface area contributed by atoms with Gasteiger partial charge in [-0.25, -0.2) is 19.6 Å². The summed E-state index contributed by atoms with van der Waals surface area (Å²) in [5, 5.41) is 34.8. The smallest absolute Gasteiger partial charge is 0.477 e. The van der Waals surface area contributed by atoms with Crippen LogP contribution in [0.3, 0.4) is 0 Å². The lowest BCUT2D eigenvalue weighted by Gasteiger charge is -1.93. The molecule has 34 heavy (non-hydrogen) atoms. The number of carboxylic acid groups (broad SMARTS) is 2. The average Bonchev–Trinajstić information content (AvgIpc) is 3.37. The number of hydrogen-bond acceptors (Lipinski definition) is 10. The molecule has 0 fully saturated rings. The van der Waals surface area contributed by atoms with Gasteiger partial charge in [0.05, 0.1) is 0 Å². The van der Waals surface area contributed by atoms with Crippen LogP contribution in [0.25, 0.3) is 10.6 Å². The number of hydrogen-bond donors (Lipinski definition) is 4. The molecule has 0 aromatic carbocycles. The van der Waals surface area contributed by atoms with Gasteiger partial charge in [0.15, 0.2) is 24.5 Å². The summed E-state index contributed by atoms with van der Waals surface area (Å²) >= 11 is 18.3. The zero-order chi connectivity index (χ0) is 25.3. The van der Waals surface area contributed by atoms with Gasteiger partial charge in [-0.3, -0.25) is 9.97 Å². The molecule has 0 aliphatic rings. The predicted octanol–water partition coefficient (Wildman–Crippen LogP) is 3.47. The Morgan fingerprint density at radius 1 is 0.824 bits per heavy atom. The minimum atomic E-state index is -1.40. The largest absolute Gasteiger partial charge is 0.490 e. The normalized spacial score (nSPS) is 9.79. The van der Waals surface area contributed by atoms with Gasteiger partial charge in [0, 0.05) is 35.8 Å².